The zero-order chi connectivity index (χ0) is 19.0. The predicted molar refractivity (Wildman–Crippen MR) is 107 cm³/mol. The average molecular weight is 386 g/mol. The van der Waals surface area contributed by atoms with E-state index in [1.807, 2.05) is 11.9 Å². The first-order chi connectivity index (χ1) is 13.1. The SMILES string of the molecule is COc1cc2ncc(C#N)c(N3CCC4(CCN(SC)C4)CC3)c2cc1F. The average Bonchev–Trinajstić information content (AvgIpc) is 3.10. The van der Waals surface area contributed by atoms with Crippen molar-refractivity contribution in [2.45, 2.75) is 19.3 Å². The van der Waals surface area contributed by atoms with Gasteiger partial charge in [-0.1, -0.05) is 11.9 Å². The number of ether oxygens (including phenoxy) is 1. The van der Waals surface area contributed by atoms with Crippen LogP contribution in [0, 0.1) is 22.6 Å². The number of halogens is 1. The second-order valence-electron chi connectivity index (χ2n) is 7.42. The van der Waals surface area contributed by atoms with Gasteiger partial charge < -0.3 is 9.64 Å². The van der Waals surface area contributed by atoms with Crippen LogP contribution in [0.15, 0.2) is 18.3 Å². The number of benzene rings is 1. The molecule has 5 nitrogen and oxygen atoms in total. The van der Waals surface area contributed by atoms with E-state index in [1.165, 1.54) is 19.6 Å². The van der Waals surface area contributed by atoms with Crippen molar-refractivity contribution in [3.8, 4) is 11.8 Å². The molecule has 0 N–H and O–H groups in total. The second kappa shape index (κ2) is 7.17. The Morgan fingerprint density at radius 2 is 2.00 bits per heavy atom. The Morgan fingerprint density at radius 3 is 2.63 bits per heavy atom. The van der Waals surface area contributed by atoms with Gasteiger partial charge in [0.25, 0.3) is 0 Å². The molecule has 2 saturated heterocycles. The summed E-state index contributed by atoms with van der Waals surface area (Å²) in [6.45, 7) is 4.04. The van der Waals surface area contributed by atoms with Crippen LogP contribution in [-0.2, 0) is 0 Å². The summed E-state index contributed by atoms with van der Waals surface area (Å²) in [5, 5.41) is 10.3. The molecule has 142 valence electrons. The third-order valence-electron chi connectivity index (χ3n) is 6.04. The number of aromatic nitrogens is 1. The Balaban J connectivity index is 1.67. The largest absolute Gasteiger partial charge is 0.494 e. The monoisotopic (exact) mass is 386 g/mol. The van der Waals surface area contributed by atoms with E-state index >= 15 is 0 Å². The van der Waals surface area contributed by atoms with Crippen LogP contribution in [0.5, 0.6) is 5.75 Å². The molecule has 4 rings (SSSR count). The number of fused-ring (bicyclic) bond motifs is 1. The Labute approximate surface area is 163 Å². The standard InChI is InChI=1S/C20H23FN4OS/c1-26-18-10-17-15(9-16(18)21)19(14(11-22)12-23-17)24-6-3-20(4-7-24)5-8-25(13-20)27-2/h9-10,12H,3-8,13H2,1-2H3. The van der Waals surface area contributed by atoms with Crippen molar-refractivity contribution in [3.63, 3.8) is 0 Å². The van der Waals surface area contributed by atoms with Gasteiger partial charge in [0.2, 0.25) is 0 Å². The number of nitriles is 1. The maximum absolute atomic E-state index is 14.4. The lowest BCUT2D eigenvalue weighted by molar-refractivity contribution is 0.237. The molecule has 2 aromatic rings. The highest BCUT2D eigenvalue weighted by Gasteiger charge is 2.41. The van der Waals surface area contributed by atoms with Crippen molar-refractivity contribution in [1.29, 1.82) is 5.26 Å². The fourth-order valence-corrected chi connectivity index (χ4v) is 5.10. The summed E-state index contributed by atoms with van der Waals surface area (Å²) in [6, 6.07) is 5.30. The van der Waals surface area contributed by atoms with Crippen molar-refractivity contribution in [2.75, 3.05) is 44.4 Å². The minimum Gasteiger partial charge on any atom is -0.494 e. The van der Waals surface area contributed by atoms with E-state index in [-0.39, 0.29) is 5.75 Å². The third-order valence-corrected chi connectivity index (χ3v) is 6.86. The van der Waals surface area contributed by atoms with Crippen molar-refractivity contribution in [2.24, 2.45) is 5.41 Å². The van der Waals surface area contributed by atoms with Gasteiger partial charge in [0.05, 0.1) is 23.9 Å². The fraction of sp³-hybridized carbons (Fsp3) is 0.500. The highest BCUT2D eigenvalue weighted by atomic mass is 32.2. The number of hydrogen-bond donors (Lipinski definition) is 0. The van der Waals surface area contributed by atoms with Crippen molar-refractivity contribution < 1.29 is 9.13 Å². The Hall–Kier alpha value is -2.04. The number of nitrogens with zero attached hydrogens (tertiary/aromatic N) is 4. The van der Waals surface area contributed by atoms with E-state index in [9.17, 15) is 9.65 Å². The van der Waals surface area contributed by atoms with Gasteiger partial charge in [-0.15, -0.1) is 0 Å². The summed E-state index contributed by atoms with van der Waals surface area (Å²) >= 11 is 1.83. The van der Waals surface area contributed by atoms with Gasteiger partial charge in [-0.2, -0.15) is 5.26 Å². The van der Waals surface area contributed by atoms with E-state index in [1.54, 1.807) is 12.3 Å². The lowest BCUT2D eigenvalue weighted by atomic mass is 9.77. The topological polar surface area (TPSA) is 52.4 Å². The third kappa shape index (κ3) is 3.21. The van der Waals surface area contributed by atoms with E-state index in [4.69, 9.17) is 4.74 Å². The molecule has 1 spiro atoms. The summed E-state index contributed by atoms with van der Waals surface area (Å²) in [4.78, 5) is 6.58. The Morgan fingerprint density at radius 1 is 1.26 bits per heavy atom. The lowest BCUT2D eigenvalue weighted by Gasteiger charge is -2.41. The molecule has 2 fully saturated rings. The minimum atomic E-state index is -0.428. The fourth-order valence-electron chi connectivity index (χ4n) is 4.42. The molecule has 2 aliphatic rings. The summed E-state index contributed by atoms with van der Waals surface area (Å²) in [5.41, 5.74) is 2.33. The summed E-state index contributed by atoms with van der Waals surface area (Å²) in [5.74, 6) is -0.255. The second-order valence-corrected chi connectivity index (χ2v) is 8.30. The maximum atomic E-state index is 14.4. The molecule has 3 heterocycles. The van der Waals surface area contributed by atoms with Crippen LogP contribution in [-0.4, -0.2) is 48.8 Å². The summed E-state index contributed by atoms with van der Waals surface area (Å²) < 4.78 is 21.9. The van der Waals surface area contributed by atoms with Crippen LogP contribution in [0.3, 0.4) is 0 Å². The van der Waals surface area contributed by atoms with Crippen LogP contribution in [0.2, 0.25) is 0 Å². The van der Waals surface area contributed by atoms with Crippen LogP contribution >= 0.6 is 11.9 Å². The van der Waals surface area contributed by atoms with Gasteiger partial charge >= 0.3 is 0 Å². The van der Waals surface area contributed by atoms with E-state index in [2.05, 4.69) is 26.5 Å². The zero-order valence-electron chi connectivity index (χ0n) is 15.7. The van der Waals surface area contributed by atoms with Crippen LogP contribution in [0.25, 0.3) is 10.9 Å². The Kier molecular flexibility index (Phi) is 4.87. The highest BCUT2D eigenvalue weighted by molar-refractivity contribution is 7.96. The first kappa shape index (κ1) is 18.3. The van der Waals surface area contributed by atoms with E-state index in [0.717, 1.165) is 44.7 Å². The number of methoxy groups -OCH3 is 1. The molecule has 0 bridgehead atoms. The van der Waals surface area contributed by atoms with E-state index < -0.39 is 5.82 Å². The zero-order valence-corrected chi connectivity index (χ0v) is 16.5. The molecule has 0 atom stereocenters. The molecule has 1 aromatic heterocycles. The van der Waals surface area contributed by atoms with Gasteiger partial charge in [-0.3, -0.25) is 9.29 Å². The van der Waals surface area contributed by atoms with Gasteiger partial charge in [0, 0.05) is 43.8 Å². The number of rotatable bonds is 3. The first-order valence-electron chi connectivity index (χ1n) is 9.19. The number of hydrogen-bond acceptors (Lipinski definition) is 6. The van der Waals surface area contributed by atoms with Crippen LogP contribution in [0.4, 0.5) is 10.1 Å². The van der Waals surface area contributed by atoms with Crippen molar-refractivity contribution >= 4 is 28.5 Å². The smallest absolute Gasteiger partial charge is 0.165 e. The molecule has 7 heteroatoms. The van der Waals surface area contributed by atoms with Gasteiger partial charge in [0.1, 0.15) is 6.07 Å². The number of pyridine rings is 1. The Bertz CT molecular complexity index is 905. The molecule has 2 aliphatic heterocycles. The van der Waals surface area contributed by atoms with Crippen LogP contribution < -0.4 is 9.64 Å². The molecule has 0 aliphatic carbocycles. The highest BCUT2D eigenvalue weighted by Crippen LogP contribution is 2.44. The van der Waals surface area contributed by atoms with Gasteiger partial charge in [-0.05, 0) is 37.0 Å². The first-order valence-corrected chi connectivity index (χ1v) is 10.4. The maximum Gasteiger partial charge on any atom is 0.165 e. The molecule has 1 aromatic carbocycles. The number of piperidine rings is 1. The van der Waals surface area contributed by atoms with Crippen molar-refractivity contribution in [1.82, 2.24) is 9.29 Å². The molecular weight excluding hydrogens is 363 g/mol. The quantitative estimate of drug-likeness (QED) is 0.748. The normalized spacial score (nSPS) is 19.6. The summed E-state index contributed by atoms with van der Waals surface area (Å²) in [6.07, 6.45) is 7.15. The van der Waals surface area contributed by atoms with Gasteiger partial charge in [-0.25, -0.2) is 4.39 Å². The number of anilines is 1. The minimum absolute atomic E-state index is 0.173. The molecule has 27 heavy (non-hydrogen) atoms. The lowest BCUT2D eigenvalue weighted by Crippen LogP contribution is -2.41. The molecule has 0 radical (unpaired) electrons. The van der Waals surface area contributed by atoms with Crippen molar-refractivity contribution in [3.05, 3.63) is 29.7 Å². The summed E-state index contributed by atoms with van der Waals surface area (Å²) in [7, 11) is 1.44. The van der Waals surface area contributed by atoms with E-state index in [0.29, 0.717) is 21.9 Å². The predicted octanol–water partition coefficient (Wildman–Crippen LogP) is 3.82. The molecule has 0 saturated carbocycles. The molecule has 0 amide bonds. The molecular formula is C20H23FN4OS. The van der Waals surface area contributed by atoms with Gasteiger partial charge in [0.15, 0.2) is 11.6 Å². The van der Waals surface area contributed by atoms with Crippen LogP contribution in [0.1, 0.15) is 24.8 Å². The molecule has 0 unspecified atom stereocenters.